The van der Waals surface area contributed by atoms with Crippen LogP contribution in [0.4, 0.5) is 13.6 Å². The van der Waals surface area contributed by atoms with Gasteiger partial charge in [-0.1, -0.05) is 0 Å². The van der Waals surface area contributed by atoms with Crippen molar-refractivity contribution in [3.63, 3.8) is 0 Å². The maximum atomic E-state index is 13.7. The average Bonchev–Trinajstić information content (AvgIpc) is 2.48. The summed E-state index contributed by atoms with van der Waals surface area (Å²) < 4.78 is 31.7. The number of hydrogen-bond donors (Lipinski definition) is 2. The second-order valence-corrected chi connectivity index (χ2v) is 5.38. The number of carbonyl (C=O) groups excluding carboxylic acids is 2. The van der Waals surface area contributed by atoms with Gasteiger partial charge < -0.3 is 10.1 Å². The molecule has 1 rings (SSSR count). The molecule has 0 aromatic heterocycles. The zero-order valence-corrected chi connectivity index (χ0v) is 11.2. The summed E-state index contributed by atoms with van der Waals surface area (Å²) in [5.74, 6) is -3.61. The normalized spacial score (nSPS) is 27.3. The van der Waals surface area contributed by atoms with Crippen LogP contribution in [0.3, 0.4) is 0 Å². The van der Waals surface area contributed by atoms with Crippen molar-refractivity contribution in [1.82, 2.24) is 10.2 Å². The van der Waals surface area contributed by atoms with Gasteiger partial charge in [-0.3, -0.25) is 15.4 Å². The number of nitrogens with one attached hydrogen (secondary N) is 1. The molecule has 1 saturated heterocycles. The molecule has 0 bridgehead atoms. The Kier molecular flexibility index (Phi) is 4.34. The predicted octanol–water partition coefficient (Wildman–Crippen LogP) is 0.664. The van der Waals surface area contributed by atoms with Gasteiger partial charge in [0.1, 0.15) is 12.1 Å². The second-order valence-electron chi connectivity index (χ2n) is 5.38. The molecule has 110 valence electrons. The second kappa shape index (κ2) is 5.28. The SMILES string of the molecule is CC(C)(C)OC(=O)NCC(=O)N1CCC(F)C1(N)F. The summed E-state index contributed by atoms with van der Waals surface area (Å²) in [4.78, 5) is 23.5. The number of ether oxygens (including phenoxy) is 1. The number of alkyl carbamates (subject to hydrolysis) is 1. The Morgan fingerprint density at radius 2 is 2.11 bits per heavy atom. The van der Waals surface area contributed by atoms with Crippen molar-refractivity contribution in [2.75, 3.05) is 13.1 Å². The van der Waals surface area contributed by atoms with Crippen molar-refractivity contribution >= 4 is 12.0 Å². The highest BCUT2D eigenvalue weighted by molar-refractivity contribution is 5.83. The molecule has 0 radical (unpaired) electrons. The molecule has 0 saturated carbocycles. The molecule has 2 unspecified atom stereocenters. The molecule has 8 heteroatoms. The number of nitrogens with two attached hydrogens (primary N) is 1. The van der Waals surface area contributed by atoms with Gasteiger partial charge in [0, 0.05) is 13.0 Å². The lowest BCUT2D eigenvalue weighted by molar-refractivity contribution is -0.144. The van der Waals surface area contributed by atoms with E-state index in [1.54, 1.807) is 20.8 Å². The summed E-state index contributed by atoms with van der Waals surface area (Å²) in [7, 11) is 0. The van der Waals surface area contributed by atoms with Crippen molar-refractivity contribution in [2.24, 2.45) is 5.73 Å². The number of halogens is 2. The van der Waals surface area contributed by atoms with Crippen LogP contribution in [0.5, 0.6) is 0 Å². The van der Waals surface area contributed by atoms with Gasteiger partial charge in [-0.15, -0.1) is 0 Å². The van der Waals surface area contributed by atoms with Crippen molar-refractivity contribution in [3.8, 4) is 0 Å². The minimum atomic E-state index is -2.81. The Balaban J connectivity index is 2.47. The number of likely N-dealkylation sites (tertiary alicyclic amines) is 1. The van der Waals surface area contributed by atoms with Gasteiger partial charge >= 0.3 is 6.09 Å². The van der Waals surface area contributed by atoms with Crippen molar-refractivity contribution in [3.05, 3.63) is 0 Å². The summed E-state index contributed by atoms with van der Waals surface area (Å²) in [5, 5.41) is 2.17. The first-order valence-corrected chi connectivity index (χ1v) is 5.93. The molecular formula is C11H19F2N3O3. The van der Waals surface area contributed by atoms with Crippen LogP contribution in [0.2, 0.25) is 0 Å². The lowest BCUT2D eigenvalue weighted by Crippen LogP contribution is -2.57. The highest BCUT2D eigenvalue weighted by Gasteiger charge is 2.49. The molecular weight excluding hydrogens is 260 g/mol. The maximum absolute atomic E-state index is 13.7. The monoisotopic (exact) mass is 279 g/mol. The van der Waals surface area contributed by atoms with E-state index in [4.69, 9.17) is 10.5 Å². The first kappa shape index (κ1) is 15.6. The number of nitrogens with zero attached hydrogens (tertiary/aromatic N) is 1. The van der Waals surface area contributed by atoms with E-state index in [9.17, 15) is 18.4 Å². The smallest absolute Gasteiger partial charge is 0.408 e. The Morgan fingerprint density at radius 3 is 2.53 bits per heavy atom. The summed E-state index contributed by atoms with van der Waals surface area (Å²) in [5.41, 5.74) is 4.39. The molecule has 2 atom stereocenters. The van der Waals surface area contributed by atoms with Gasteiger partial charge in [-0.05, 0) is 20.8 Å². The number of rotatable bonds is 2. The van der Waals surface area contributed by atoms with Gasteiger partial charge in [0.2, 0.25) is 5.91 Å². The topological polar surface area (TPSA) is 84.7 Å². The molecule has 1 aliphatic heterocycles. The predicted molar refractivity (Wildman–Crippen MR) is 63.5 cm³/mol. The largest absolute Gasteiger partial charge is 0.444 e. The van der Waals surface area contributed by atoms with E-state index in [-0.39, 0.29) is 13.0 Å². The fourth-order valence-electron chi connectivity index (χ4n) is 1.66. The van der Waals surface area contributed by atoms with Gasteiger partial charge in [0.15, 0.2) is 6.17 Å². The van der Waals surface area contributed by atoms with Gasteiger partial charge in [-0.25, -0.2) is 9.18 Å². The van der Waals surface area contributed by atoms with E-state index >= 15 is 0 Å². The van der Waals surface area contributed by atoms with Gasteiger partial charge in [0.25, 0.3) is 5.92 Å². The molecule has 0 aromatic carbocycles. The standard InChI is InChI=1S/C11H19F2N3O3/c1-10(2,3)19-9(18)15-6-8(17)16-5-4-7(12)11(16,13)14/h7H,4-6,14H2,1-3H3,(H,15,18). The van der Waals surface area contributed by atoms with Gasteiger partial charge in [0.05, 0.1) is 0 Å². The Labute approximate surface area is 110 Å². The molecule has 1 fully saturated rings. The number of amides is 2. The van der Waals surface area contributed by atoms with Crippen LogP contribution in [0.1, 0.15) is 27.2 Å². The van der Waals surface area contributed by atoms with Crippen LogP contribution >= 0.6 is 0 Å². The van der Waals surface area contributed by atoms with Crippen molar-refractivity contribution < 1.29 is 23.1 Å². The van der Waals surface area contributed by atoms with E-state index in [0.29, 0.717) is 4.90 Å². The minimum absolute atomic E-state index is 0.122. The third-order valence-corrected chi connectivity index (χ3v) is 2.54. The summed E-state index contributed by atoms with van der Waals surface area (Å²) in [6.07, 6.45) is -2.89. The third-order valence-electron chi connectivity index (χ3n) is 2.54. The minimum Gasteiger partial charge on any atom is -0.444 e. The van der Waals surface area contributed by atoms with E-state index < -0.39 is 36.2 Å². The molecule has 2 amide bonds. The molecule has 6 nitrogen and oxygen atoms in total. The highest BCUT2D eigenvalue weighted by atomic mass is 19.2. The third kappa shape index (κ3) is 4.02. The Morgan fingerprint density at radius 1 is 1.53 bits per heavy atom. The van der Waals surface area contributed by atoms with Gasteiger partial charge in [-0.2, -0.15) is 4.39 Å². The van der Waals surface area contributed by atoms with Crippen LogP contribution < -0.4 is 11.1 Å². The molecule has 1 aliphatic rings. The van der Waals surface area contributed by atoms with Crippen LogP contribution in [0.15, 0.2) is 0 Å². The molecule has 19 heavy (non-hydrogen) atoms. The molecule has 0 spiro atoms. The van der Waals surface area contributed by atoms with Crippen LogP contribution in [-0.2, 0) is 9.53 Å². The lowest BCUT2D eigenvalue weighted by atomic mass is 10.2. The van der Waals surface area contributed by atoms with Crippen molar-refractivity contribution in [2.45, 2.75) is 44.9 Å². The molecule has 3 N–H and O–H groups in total. The quantitative estimate of drug-likeness (QED) is 0.727. The Bertz CT molecular complexity index is 369. The molecule has 0 aliphatic carbocycles. The average molecular weight is 279 g/mol. The van der Waals surface area contributed by atoms with Crippen molar-refractivity contribution in [1.29, 1.82) is 0 Å². The van der Waals surface area contributed by atoms with E-state index in [0.717, 1.165) is 0 Å². The van der Waals surface area contributed by atoms with E-state index in [1.807, 2.05) is 0 Å². The number of hydrogen-bond acceptors (Lipinski definition) is 4. The number of carbonyl (C=O) groups is 2. The lowest BCUT2D eigenvalue weighted by Gasteiger charge is -2.28. The first-order chi connectivity index (χ1) is 8.54. The number of alkyl halides is 2. The Hall–Kier alpha value is -1.44. The fraction of sp³-hybridized carbons (Fsp3) is 0.818. The van der Waals surface area contributed by atoms with Crippen LogP contribution in [-0.4, -0.2) is 47.7 Å². The summed E-state index contributed by atoms with van der Waals surface area (Å²) in [6.45, 7) is 4.37. The summed E-state index contributed by atoms with van der Waals surface area (Å²) in [6, 6.07) is 0. The molecule has 1 heterocycles. The fourth-order valence-corrected chi connectivity index (χ4v) is 1.66. The van der Waals surface area contributed by atoms with Crippen LogP contribution in [0, 0.1) is 0 Å². The maximum Gasteiger partial charge on any atom is 0.408 e. The summed E-state index contributed by atoms with van der Waals surface area (Å²) >= 11 is 0. The highest BCUT2D eigenvalue weighted by Crippen LogP contribution is 2.28. The van der Waals surface area contributed by atoms with E-state index in [2.05, 4.69) is 5.32 Å². The van der Waals surface area contributed by atoms with E-state index in [1.165, 1.54) is 0 Å². The molecule has 0 aromatic rings. The zero-order chi connectivity index (χ0) is 14.8. The first-order valence-electron chi connectivity index (χ1n) is 5.93. The zero-order valence-electron chi connectivity index (χ0n) is 11.2. The van der Waals surface area contributed by atoms with Crippen LogP contribution in [0.25, 0.3) is 0 Å².